The van der Waals surface area contributed by atoms with Crippen LogP contribution in [-0.4, -0.2) is 154 Å². The van der Waals surface area contributed by atoms with E-state index in [9.17, 15) is 34.8 Å². The third-order valence-corrected chi connectivity index (χ3v) is 11.9. The van der Waals surface area contributed by atoms with Crippen LogP contribution in [0.2, 0.25) is 0 Å². The van der Waals surface area contributed by atoms with E-state index in [2.05, 4.69) is 0 Å². The number of carbonyl (C=O) groups is 3. The molecule has 3 aliphatic rings. The zero-order valence-electron chi connectivity index (χ0n) is 36.1. The molecule has 0 amide bonds. The summed E-state index contributed by atoms with van der Waals surface area (Å²) in [6.45, 7) is 18.8. The summed E-state index contributed by atoms with van der Waals surface area (Å²) < 4.78 is 49.7. The van der Waals surface area contributed by atoms with E-state index in [-0.39, 0.29) is 31.4 Å². The summed E-state index contributed by atoms with van der Waals surface area (Å²) in [5.74, 6) is -5.86. The van der Waals surface area contributed by atoms with Crippen LogP contribution < -0.4 is 0 Å². The lowest BCUT2D eigenvalue weighted by atomic mass is 9.76. The van der Waals surface area contributed by atoms with Crippen molar-refractivity contribution in [3.05, 3.63) is 0 Å². The Morgan fingerprint density at radius 1 is 0.964 bits per heavy atom. The van der Waals surface area contributed by atoms with Crippen molar-refractivity contribution in [1.29, 1.82) is 0 Å². The molecule has 3 saturated heterocycles. The SMILES string of the molecule is CC[C@H]1OC(=O)[C@H](C)[C@@H](O[C@H]2C[C@@](C)(OC)[C@@H](O)[C@H](C)O2)[C@H](C)[C@@H](O[C@@H]2O[C@H](C)C[C@H](N(C)C)[C@H]2O)[C@@](C)(CC(C)(C)O)OC(=O)[C@H](C)[C@@H](OC(C)=O)[C@]1(C)O. The Balaban J connectivity index is 2.34. The molecular formula is C40H71NO15. The van der Waals surface area contributed by atoms with Crippen LogP contribution in [-0.2, 0) is 52.3 Å². The number of rotatable bonds is 10. The lowest BCUT2D eigenvalue weighted by Gasteiger charge is -2.50. The Hall–Kier alpha value is -1.99. The maximum absolute atomic E-state index is 14.4. The highest BCUT2D eigenvalue weighted by Crippen LogP contribution is 2.43. The first-order valence-corrected chi connectivity index (χ1v) is 19.9. The van der Waals surface area contributed by atoms with Gasteiger partial charge in [-0.1, -0.05) is 13.8 Å². The van der Waals surface area contributed by atoms with E-state index in [4.69, 9.17) is 37.9 Å². The Morgan fingerprint density at radius 3 is 2.09 bits per heavy atom. The third kappa shape index (κ3) is 11.0. The van der Waals surface area contributed by atoms with Crippen LogP contribution in [0.15, 0.2) is 0 Å². The fourth-order valence-corrected chi connectivity index (χ4v) is 8.85. The minimum Gasteiger partial charge on any atom is -0.459 e. The molecule has 56 heavy (non-hydrogen) atoms. The molecule has 3 fully saturated rings. The van der Waals surface area contributed by atoms with Gasteiger partial charge in [0.15, 0.2) is 12.6 Å². The monoisotopic (exact) mass is 805 g/mol. The highest BCUT2D eigenvalue weighted by molar-refractivity contribution is 5.75. The van der Waals surface area contributed by atoms with E-state index in [0.29, 0.717) is 6.42 Å². The van der Waals surface area contributed by atoms with Gasteiger partial charge in [-0.3, -0.25) is 14.4 Å². The van der Waals surface area contributed by atoms with Crippen molar-refractivity contribution in [2.45, 2.75) is 199 Å². The van der Waals surface area contributed by atoms with Crippen LogP contribution in [0.1, 0.15) is 109 Å². The number of ether oxygens (including phenoxy) is 8. The molecule has 0 aromatic carbocycles. The summed E-state index contributed by atoms with van der Waals surface area (Å²) in [5.41, 5.74) is -6.45. The minimum atomic E-state index is -2.09. The molecule has 0 saturated carbocycles. The van der Waals surface area contributed by atoms with Crippen LogP contribution in [0, 0.1) is 17.8 Å². The normalized spacial score (nSPS) is 44.9. The van der Waals surface area contributed by atoms with Crippen molar-refractivity contribution < 1.29 is 72.7 Å². The molecule has 0 spiro atoms. The third-order valence-electron chi connectivity index (χ3n) is 11.9. The first-order valence-electron chi connectivity index (χ1n) is 19.9. The van der Waals surface area contributed by atoms with Crippen LogP contribution >= 0.6 is 0 Å². The molecule has 17 atom stereocenters. The fourth-order valence-electron chi connectivity index (χ4n) is 8.85. The summed E-state index contributed by atoms with van der Waals surface area (Å²) in [6, 6.07) is -0.383. The summed E-state index contributed by atoms with van der Waals surface area (Å²) >= 11 is 0. The van der Waals surface area contributed by atoms with Gasteiger partial charge in [-0.2, -0.15) is 0 Å². The molecule has 326 valence electrons. The molecule has 0 aromatic heterocycles. The molecule has 16 heteroatoms. The number of hydrogen-bond acceptors (Lipinski definition) is 16. The van der Waals surface area contributed by atoms with Crippen LogP contribution in [0.5, 0.6) is 0 Å². The smallest absolute Gasteiger partial charge is 0.313 e. The van der Waals surface area contributed by atoms with Gasteiger partial charge < -0.3 is 63.2 Å². The zero-order valence-corrected chi connectivity index (χ0v) is 36.1. The van der Waals surface area contributed by atoms with Crippen LogP contribution in [0.4, 0.5) is 0 Å². The molecule has 0 unspecified atom stereocenters. The maximum Gasteiger partial charge on any atom is 0.313 e. The summed E-state index contributed by atoms with van der Waals surface area (Å²) in [7, 11) is 5.13. The van der Waals surface area contributed by atoms with Gasteiger partial charge in [-0.15, -0.1) is 0 Å². The van der Waals surface area contributed by atoms with Crippen molar-refractivity contribution in [1.82, 2.24) is 4.90 Å². The van der Waals surface area contributed by atoms with Gasteiger partial charge in [0, 0.05) is 38.8 Å². The van der Waals surface area contributed by atoms with Crippen molar-refractivity contribution in [2.24, 2.45) is 17.8 Å². The summed E-state index contributed by atoms with van der Waals surface area (Å²) in [6.07, 6.45) is -10.5. The molecule has 0 radical (unpaired) electrons. The van der Waals surface area contributed by atoms with Gasteiger partial charge in [-0.25, -0.2) is 0 Å². The van der Waals surface area contributed by atoms with Crippen molar-refractivity contribution >= 4 is 17.9 Å². The van der Waals surface area contributed by atoms with Gasteiger partial charge in [0.1, 0.15) is 41.7 Å². The predicted octanol–water partition coefficient (Wildman–Crippen LogP) is 2.47. The highest BCUT2D eigenvalue weighted by atomic mass is 16.7. The van der Waals surface area contributed by atoms with E-state index >= 15 is 0 Å². The lowest BCUT2D eigenvalue weighted by molar-refractivity contribution is -0.320. The highest BCUT2D eigenvalue weighted by Gasteiger charge is 2.56. The minimum absolute atomic E-state index is 0.0573. The van der Waals surface area contributed by atoms with E-state index in [0.717, 1.165) is 6.92 Å². The van der Waals surface area contributed by atoms with Gasteiger partial charge in [0.2, 0.25) is 0 Å². The molecule has 0 bridgehead atoms. The number of methoxy groups -OCH3 is 1. The molecule has 3 heterocycles. The first-order chi connectivity index (χ1) is 25.6. The molecule has 0 aliphatic carbocycles. The van der Waals surface area contributed by atoms with E-state index < -0.39 is 113 Å². The molecule has 3 rings (SSSR count). The van der Waals surface area contributed by atoms with Gasteiger partial charge in [0.05, 0.1) is 41.3 Å². The number of cyclic esters (lactones) is 2. The second-order valence-electron chi connectivity index (χ2n) is 17.9. The second-order valence-corrected chi connectivity index (χ2v) is 17.9. The largest absolute Gasteiger partial charge is 0.459 e. The summed E-state index contributed by atoms with van der Waals surface area (Å²) in [5, 5.41) is 46.1. The van der Waals surface area contributed by atoms with Crippen LogP contribution in [0.25, 0.3) is 0 Å². The van der Waals surface area contributed by atoms with Crippen molar-refractivity contribution in [2.75, 3.05) is 21.2 Å². The second kappa shape index (κ2) is 18.5. The first kappa shape index (κ1) is 48.4. The number of carbonyl (C=O) groups excluding carboxylic acids is 3. The molecule has 4 N–H and O–H groups in total. The topological polar surface area (TPSA) is 209 Å². The Labute approximate surface area is 332 Å². The predicted molar refractivity (Wildman–Crippen MR) is 202 cm³/mol. The number of likely N-dealkylation sites (N-methyl/N-ethyl adjacent to an activating group) is 1. The van der Waals surface area contributed by atoms with Crippen LogP contribution in [0.3, 0.4) is 0 Å². The van der Waals surface area contributed by atoms with Crippen molar-refractivity contribution in [3.8, 4) is 0 Å². The molecule has 16 nitrogen and oxygen atoms in total. The van der Waals surface area contributed by atoms with E-state index in [1.807, 2.05) is 25.9 Å². The number of aliphatic hydroxyl groups excluding tert-OH is 2. The molecular weight excluding hydrogens is 734 g/mol. The standard InChI is InChI=1S/C40H71NO15/c1-16-27-40(12,48)33(52-25(7)42)23(5)35(46)56-39(11,19-37(8,9)47)32(55-36-29(43)26(41(13)14)17-20(2)50-36)21(3)30(22(4)34(45)53-27)54-28-18-38(10,49-15)31(44)24(6)51-28/h20-24,26-33,36,43-44,47-48H,16-19H2,1-15H3/t20-,21+,22-,23-,24+,26+,27-,28+,29-,30+,31+,32-,33-,36+,38-,39-,40-/m1/s1. The number of nitrogens with zero attached hydrogens (tertiary/aromatic N) is 1. The quantitative estimate of drug-likeness (QED) is 0.185. The average Bonchev–Trinajstić information content (AvgIpc) is 3.08. The van der Waals surface area contributed by atoms with E-state index in [1.165, 1.54) is 34.8 Å². The maximum atomic E-state index is 14.4. The Bertz CT molecular complexity index is 1340. The van der Waals surface area contributed by atoms with Gasteiger partial charge >= 0.3 is 17.9 Å². The zero-order chi connectivity index (χ0) is 42.9. The number of hydrogen-bond donors (Lipinski definition) is 4. The summed E-state index contributed by atoms with van der Waals surface area (Å²) in [4.78, 5) is 43.1. The Kier molecular flexibility index (Phi) is 16.0. The number of esters is 3. The number of aliphatic hydroxyl groups is 4. The molecule has 3 aliphatic heterocycles. The average molecular weight is 806 g/mol. The Morgan fingerprint density at radius 2 is 1.57 bits per heavy atom. The van der Waals surface area contributed by atoms with Gasteiger partial charge in [-0.05, 0) is 89.3 Å². The van der Waals surface area contributed by atoms with Gasteiger partial charge in [0.25, 0.3) is 0 Å². The van der Waals surface area contributed by atoms with Crippen molar-refractivity contribution in [3.63, 3.8) is 0 Å². The molecule has 0 aromatic rings. The van der Waals surface area contributed by atoms with E-state index in [1.54, 1.807) is 41.5 Å². The lowest BCUT2D eigenvalue weighted by Crippen LogP contribution is -2.62. The fraction of sp³-hybridized carbons (Fsp3) is 0.925.